The zero-order valence-electron chi connectivity index (χ0n) is 11.8. The van der Waals surface area contributed by atoms with Gasteiger partial charge in [0, 0.05) is 0 Å². The molecule has 2 aromatic rings. The Morgan fingerprint density at radius 3 is 2.25 bits per heavy atom. The molecule has 0 heterocycles. The second kappa shape index (κ2) is 6.87. The fourth-order valence-corrected chi connectivity index (χ4v) is 2.39. The SMILES string of the molecule is CCNC(c1ccc(CC)cc1)c1ccc(Cl)c(F)c1. The van der Waals surface area contributed by atoms with E-state index in [1.165, 1.54) is 11.6 Å². The van der Waals surface area contributed by atoms with Crippen LogP contribution in [0.15, 0.2) is 42.5 Å². The van der Waals surface area contributed by atoms with Crippen LogP contribution in [0.2, 0.25) is 5.02 Å². The van der Waals surface area contributed by atoms with Crippen molar-refractivity contribution in [2.75, 3.05) is 6.54 Å². The fourth-order valence-electron chi connectivity index (χ4n) is 2.27. The van der Waals surface area contributed by atoms with Crippen LogP contribution < -0.4 is 5.32 Å². The number of rotatable bonds is 5. The number of aryl methyl sites for hydroxylation is 1. The summed E-state index contributed by atoms with van der Waals surface area (Å²) in [6, 6.07) is 13.4. The Morgan fingerprint density at radius 1 is 1.05 bits per heavy atom. The van der Waals surface area contributed by atoms with E-state index in [9.17, 15) is 4.39 Å². The Bertz CT molecular complexity index is 566. The van der Waals surface area contributed by atoms with Gasteiger partial charge in [0.25, 0.3) is 0 Å². The second-order valence-corrected chi connectivity index (χ2v) is 5.17. The topological polar surface area (TPSA) is 12.0 Å². The highest BCUT2D eigenvalue weighted by atomic mass is 35.5. The minimum Gasteiger partial charge on any atom is -0.307 e. The largest absolute Gasteiger partial charge is 0.307 e. The summed E-state index contributed by atoms with van der Waals surface area (Å²) in [7, 11) is 0. The summed E-state index contributed by atoms with van der Waals surface area (Å²) in [6.07, 6.45) is 1.02. The van der Waals surface area contributed by atoms with Gasteiger partial charge in [-0.1, -0.05) is 55.8 Å². The predicted octanol–water partition coefficient (Wildman–Crippen LogP) is 4.74. The molecule has 0 fully saturated rings. The van der Waals surface area contributed by atoms with Crippen LogP contribution in [0.25, 0.3) is 0 Å². The molecule has 2 aromatic carbocycles. The van der Waals surface area contributed by atoms with Gasteiger partial charge in [-0.05, 0) is 41.8 Å². The van der Waals surface area contributed by atoms with Gasteiger partial charge >= 0.3 is 0 Å². The maximum absolute atomic E-state index is 13.7. The molecule has 0 aliphatic heterocycles. The van der Waals surface area contributed by atoms with E-state index in [0.29, 0.717) is 0 Å². The minimum absolute atomic E-state index is 0.0160. The fraction of sp³-hybridized carbons (Fsp3) is 0.294. The molecule has 0 aromatic heterocycles. The summed E-state index contributed by atoms with van der Waals surface area (Å²) in [5.41, 5.74) is 3.31. The first-order valence-electron chi connectivity index (χ1n) is 6.92. The van der Waals surface area contributed by atoms with Crippen molar-refractivity contribution in [2.45, 2.75) is 26.3 Å². The van der Waals surface area contributed by atoms with Crippen molar-refractivity contribution >= 4 is 11.6 Å². The van der Waals surface area contributed by atoms with Crippen molar-refractivity contribution < 1.29 is 4.39 Å². The molecule has 0 aliphatic carbocycles. The summed E-state index contributed by atoms with van der Waals surface area (Å²) in [5, 5.41) is 3.55. The monoisotopic (exact) mass is 291 g/mol. The van der Waals surface area contributed by atoms with Gasteiger partial charge in [-0.15, -0.1) is 0 Å². The third kappa shape index (κ3) is 3.38. The zero-order valence-corrected chi connectivity index (χ0v) is 12.5. The molecule has 1 atom stereocenters. The van der Waals surface area contributed by atoms with E-state index in [-0.39, 0.29) is 16.9 Å². The van der Waals surface area contributed by atoms with Crippen molar-refractivity contribution in [3.63, 3.8) is 0 Å². The van der Waals surface area contributed by atoms with Crippen LogP contribution in [0.3, 0.4) is 0 Å². The van der Waals surface area contributed by atoms with Gasteiger partial charge in [-0.25, -0.2) is 4.39 Å². The standard InChI is InChI=1S/C17H19ClFN/c1-3-12-5-7-13(8-6-12)17(20-4-2)14-9-10-15(18)16(19)11-14/h5-11,17,20H,3-4H2,1-2H3. The first-order chi connectivity index (χ1) is 9.65. The van der Waals surface area contributed by atoms with Gasteiger partial charge in [-0.3, -0.25) is 0 Å². The van der Waals surface area contributed by atoms with Gasteiger partial charge in [0.2, 0.25) is 0 Å². The van der Waals surface area contributed by atoms with Crippen LogP contribution in [0.5, 0.6) is 0 Å². The molecule has 0 saturated heterocycles. The molecule has 0 saturated carbocycles. The first kappa shape index (κ1) is 15.0. The molecule has 0 aliphatic rings. The van der Waals surface area contributed by atoms with Crippen molar-refractivity contribution in [2.24, 2.45) is 0 Å². The van der Waals surface area contributed by atoms with E-state index in [1.807, 2.05) is 13.0 Å². The highest BCUT2D eigenvalue weighted by Gasteiger charge is 2.14. The number of benzene rings is 2. The molecule has 0 bridgehead atoms. The third-order valence-electron chi connectivity index (χ3n) is 3.41. The van der Waals surface area contributed by atoms with Crippen molar-refractivity contribution in [1.29, 1.82) is 0 Å². The number of halogens is 2. The molecule has 1 N–H and O–H groups in total. The van der Waals surface area contributed by atoms with Crippen LogP contribution in [0.4, 0.5) is 4.39 Å². The Kier molecular flexibility index (Phi) is 5.16. The molecule has 1 nitrogen and oxygen atoms in total. The number of hydrogen-bond acceptors (Lipinski definition) is 1. The van der Waals surface area contributed by atoms with Crippen LogP contribution in [0.1, 0.15) is 36.6 Å². The van der Waals surface area contributed by atoms with Gasteiger partial charge in [0.1, 0.15) is 5.82 Å². The summed E-state index contributed by atoms with van der Waals surface area (Å²) in [5.74, 6) is -0.378. The van der Waals surface area contributed by atoms with Crippen molar-refractivity contribution in [3.8, 4) is 0 Å². The molecule has 1 unspecified atom stereocenters. The molecule has 3 heteroatoms. The van der Waals surface area contributed by atoms with Crippen LogP contribution in [-0.2, 0) is 6.42 Å². The Balaban J connectivity index is 2.35. The normalized spacial score (nSPS) is 12.4. The highest BCUT2D eigenvalue weighted by molar-refractivity contribution is 6.30. The second-order valence-electron chi connectivity index (χ2n) is 4.76. The molecular formula is C17H19ClFN. The maximum Gasteiger partial charge on any atom is 0.142 e. The summed E-state index contributed by atoms with van der Waals surface area (Å²) < 4.78 is 13.7. The van der Waals surface area contributed by atoms with Gasteiger partial charge in [0.05, 0.1) is 11.1 Å². The summed E-state index contributed by atoms with van der Waals surface area (Å²) in [6.45, 7) is 4.98. The van der Waals surface area contributed by atoms with Crippen molar-refractivity contribution in [1.82, 2.24) is 5.32 Å². The maximum atomic E-state index is 13.7. The predicted molar refractivity (Wildman–Crippen MR) is 82.7 cm³/mol. The van der Waals surface area contributed by atoms with Crippen LogP contribution in [-0.4, -0.2) is 6.54 Å². The number of hydrogen-bond donors (Lipinski definition) is 1. The molecule has 0 spiro atoms. The molecular weight excluding hydrogens is 273 g/mol. The Hall–Kier alpha value is -1.38. The van der Waals surface area contributed by atoms with E-state index in [4.69, 9.17) is 11.6 Å². The molecule has 106 valence electrons. The zero-order chi connectivity index (χ0) is 14.5. The van der Waals surface area contributed by atoms with Crippen molar-refractivity contribution in [3.05, 3.63) is 70.0 Å². The quantitative estimate of drug-likeness (QED) is 0.839. The Morgan fingerprint density at radius 2 is 1.70 bits per heavy atom. The lowest BCUT2D eigenvalue weighted by Gasteiger charge is -2.19. The van der Waals surface area contributed by atoms with Gasteiger partial charge < -0.3 is 5.32 Å². The summed E-state index contributed by atoms with van der Waals surface area (Å²) >= 11 is 5.75. The van der Waals surface area contributed by atoms with Crippen LogP contribution >= 0.6 is 11.6 Å². The molecule has 20 heavy (non-hydrogen) atoms. The van der Waals surface area contributed by atoms with E-state index in [0.717, 1.165) is 24.1 Å². The first-order valence-corrected chi connectivity index (χ1v) is 7.30. The van der Waals surface area contributed by atoms with E-state index < -0.39 is 0 Å². The van der Waals surface area contributed by atoms with E-state index in [1.54, 1.807) is 6.07 Å². The van der Waals surface area contributed by atoms with E-state index >= 15 is 0 Å². The molecule has 2 rings (SSSR count). The molecule has 0 amide bonds. The lowest BCUT2D eigenvalue weighted by molar-refractivity contribution is 0.603. The summed E-state index contributed by atoms with van der Waals surface area (Å²) in [4.78, 5) is 0. The highest BCUT2D eigenvalue weighted by Crippen LogP contribution is 2.25. The average Bonchev–Trinajstić information content (AvgIpc) is 2.48. The smallest absolute Gasteiger partial charge is 0.142 e. The molecule has 0 radical (unpaired) electrons. The van der Waals surface area contributed by atoms with Crippen LogP contribution in [0, 0.1) is 5.82 Å². The van der Waals surface area contributed by atoms with Gasteiger partial charge in [0.15, 0.2) is 0 Å². The Labute approximate surface area is 124 Å². The lowest BCUT2D eigenvalue weighted by Crippen LogP contribution is -2.22. The number of nitrogens with one attached hydrogen (secondary N) is 1. The average molecular weight is 292 g/mol. The van der Waals surface area contributed by atoms with E-state index in [2.05, 4.69) is 36.5 Å². The van der Waals surface area contributed by atoms with Gasteiger partial charge in [-0.2, -0.15) is 0 Å². The lowest BCUT2D eigenvalue weighted by atomic mass is 9.97. The minimum atomic E-state index is -0.378. The third-order valence-corrected chi connectivity index (χ3v) is 3.71.